The third-order valence-corrected chi connectivity index (χ3v) is 2.77. The first-order valence-electron chi connectivity index (χ1n) is 6.00. The molecule has 2 unspecified atom stereocenters. The van der Waals surface area contributed by atoms with Crippen LogP contribution in [-0.2, 0) is 4.79 Å². The maximum atomic E-state index is 11.3. The number of hydrogen-bond acceptors (Lipinski definition) is 2. The van der Waals surface area contributed by atoms with Crippen LogP contribution in [0.15, 0.2) is 0 Å². The second-order valence-electron chi connectivity index (χ2n) is 4.60. The second-order valence-corrected chi connectivity index (χ2v) is 4.60. The summed E-state index contributed by atoms with van der Waals surface area (Å²) in [6.07, 6.45) is 1.74. The SMILES string of the molecule is CCC(C)C(C)NCCC(=O)NC(C)C. The summed E-state index contributed by atoms with van der Waals surface area (Å²) in [5, 5.41) is 6.26. The molecule has 15 heavy (non-hydrogen) atoms. The summed E-state index contributed by atoms with van der Waals surface area (Å²) in [7, 11) is 0. The fraction of sp³-hybridized carbons (Fsp3) is 0.917. The molecule has 0 aliphatic heterocycles. The average Bonchev–Trinajstić information content (AvgIpc) is 2.15. The molecule has 0 fully saturated rings. The van der Waals surface area contributed by atoms with Crippen LogP contribution in [0, 0.1) is 5.92 Å². The van der Waals surface area contributed by atoms with Gasteiger partial charge in [-0.1, -0.05) is 20.3 Å². The molecule has 0 saturated heterocycles. The van der Waals surface area contributed by atoms with Gasteiger partial charge in [-0.25, -0.2) is 0 Å². The van der Waals surface area contributed by atoms with Crippen LogP contribution in [0.3, 0.4) is 0 Å². The minimum absolute atomic E-state index is 0.133. The van der Waals surface area contributed by atoms with Gasteiger partial charge < -0.3 is 10.6 Å². The van der Waals surface area contributed by atoms with E-state index >= 15 is 0 Å². The lowest BCUT2D eigenvalue weighted by molar-refractivity contribution is -0.121. The van der Waals surface area contributed by atoms with E-state index in [4.69, 9.17) is 0 Å². The Balaban J connectivity index is 3.57. The second kappa shape index (κ2) is 7.69. The number of hydrogen-bond donors (Lipinski definition) is 2. The van der Waals surface area contributed by atoms with E-state index in [0.717, 1.165) is 6.54 Å². The standard InChI is InChI=1S/C12H26N2O/c1-6-10(4)11(5)13-8-7-12(15)14-9(2)3/h9-11,13H,6-8H2,1-5H3,(H,14,15). The van der Waals surface area contributed by atoms with Gasteiger partial charge in [-0.3, -0.25) is 4.79 Å². The summed E-state index contributed by atoms with van der Waals surface area (Å²) in [5.41, 5.74) is 0. The Morgan fingerprint density at radius 1 is 1.20 bits per heavy atom. The summed E-state index contributed by atoms with van der Waals surface area (Å²) < 4.78 is 0. The predicted octanol–water partition coefficient (Wildman–Crippen LogP) is 1.93. The monoisotopic (exact) mass is 214 g/mol. The van der Waals surface area contributed by atoms with Crippen molar-refractivity contribution in [3.05, 3.63) is 0 Å². The highest BCUT2D eigenvalue weighted by molar-refractivity contribution is 5.76. The molecular formula is C12H26N2O. The van der Waals surface area contributed by atoms with E-state index in [0.29, 0.717) is 18.4 Å². The molecule has 1 amide bonds. The molecule has 0 heterocycles. The topological polar surface area (TPSA) is 41.1 Å². The van der Waals surface area contributed by atoms with Gasteiger partial charge in [-0.05, 0) is 26.7 Å². The molecule has 0 rings (SSSR count). The fourth-order valence-corrected chi connectivity index (χ4v) is 1.36. The number of amides is 1. The Bertz CT molecular complexity index is 180. The molecule has 0 bridgehead atoms. The maximum Gasteiger partial charge on any atom is 0.221 e. The van der Waals surface area contributed by atoms with Gasteiger partial charge in [0, 0.05) is 25.0 Å². The first kappa shape index (κ1) is 14.4. The molecule has 0 aliphatic rings. The number of carbonyl (C=O) groups is 1. The van der Waals surface area contributed by atoms with E-state index in [9.17, 15) is 4.79 Å². The van der Waals surface area contributed by atoms with Gasteiger partial charge in [0.15, 0.2) is 0 Å². The molecule has 90 valence electrons. The van der Waals surface area contributed by atoms with Crippen molar-refractivity contribution < 1.29 is 4.79 Å². The van der Waals surface area contributed by atoms with Crippen molar-refractivity contribution in [2.24, 2.45) is 5.92 Å². The first-order valence-corrected chi connectivity index (χ1v) is 6.00. The zero-order chi connectivity index (χ0) is 11.8. The zero-order valence-electron chi connectivity index (χ0n) is 10.8. The van der Waals surface area contributed by atoms with Gasteiger partial charge in [0.05, 0.1) is 0 Å². The third-order valence-electron chi connectivity index (χ3n) is 2.77. The number of carbonyl (C=O) groups excluding carboxylic acids is 1. The lowest BCUT2D eigenvalue weighted by Gasteiger charge is -2.19. The number of nitrogens with one attached hydrogen (secondary N) is 2. The van der Waals surface area contributed by atoms with Crippen LogP contribution in [0.2, 0.25) is 0 Å². The normalized spacial score (nSPS) is 15.1. The minimum Gasteiger partial charge on any atom is -0.354 e. The molecule has 0 aromatic carbocycles. The van der Waals surface area contributed by atoms with Crippen LogP contribution in [0.25, 0.3) is 0 Å². The van der Waals surface area contributed by atoms with Crippen molar-refractivity contribution in [2.45, 2.75) is 59.5 Å². The van der Waals surface area contributed by atoms with Crippen molar-refractivity contribution in [1.29, 1.82) is 0 Å². The average molecular weight is 214 g/mol. The predicted molar refractivity (Wildman–Crippen MR) is 64.8 cm³/mol. The quantitative estimate of drug-likeness (QED) is 0.680. The smallest absolute Gasteiger partial charge is 0.221 e. The van der Waals surface area contributed by atoms with Crippen LogP contribution in [0.4, 0.5) is 0 Å². The van der Waals surface area contributed by atoms with E-state index in [1.54, 1.807) is 0 Å². The molecule has 0 radical (unpaired) electrons. The lowest BCUT2D eigenvalue weighted by atomic mass is 10.0. The molecule has 2 atom stereocenters. The van der Waals surface area contributed by atoms with Crippen molar-refractivity contribution >= 4 is 5.91 Å². The Kier molecular flexibility index (Phi) is 7.39. The largest absolute Gasteiger partial charge is 0.354 e. The van der Waals surface area contributed by atoms with Gasteiger partial charge in [0.25, 0.3) is 0 Å². The van der Waals surface area contributed by atoms with E-state index in [-0.39, 0.29) is 11.9 Å². The van der Waals surface area contributed by atoms with Crippen molar-refractivity contribution in [2.75, 3.05) is 6.54 Å². The van der Waals surface area contributed by atoms with Crippen molar-refractivity contribution in [1.82, 2.24) is 10.6 Å². The molecule has 0 aliphatic carbocycles. The molecule has 3 nitrogen and oxygen atoms in total. The van der Waals surface area contributed by atoms with Crippen LogP contribution in [0.1, 0.15) is 47.5 Å². The molecular weight excluding hydrogens is 188 g/mol. The van der Waals surface area contributed by atoms with Crippen LogP contribution in [-0.4, -0.2) is 24.5 Å². The maximum absolute atomic E-state index is 11.3. The summed E-state index contributed by atoms with van der Waals surface area (Å²) in [6.45, 7) is 11.3. The summed E-state index contributed by atoms with van der Waals surface area (Å²) >= 11 is 0. The summed E-state index contributed by atoms with van der Waals surface area (Å²) in [5.74, 6) is 0.798. The zero-order valence-corrected chi connectivity index (χ0v) is 10.8. The Labute approximate surface area is 94.0 Å². The lowest BCUT2D eigenvalue weighted by Crippen LogP contribution is -2.36. The molecule has 0 aromatic rings. The van der Waals surface area contributed by atoms with Crippen LogP contribution < -0.4 is 10.6 Å². The Morgan fingerprint density at radius 2 is 1.80 bits per heavy atom. The molecule has 0 spiro atoms. The highest BCUT2D eigenvalue weighted by Gasteiger charge is 2.09. The van der Waals surface area contributed by atoms with Gasteiger partial charge in [0.1, 0.15) is 0 Å². The fourth-order valence-electron chi connectivity index (χ4n) is 1.36. The van der Waals surface area contributed by atoms with E-state index < -0.39 is 0 Å². The minimum atomic E-state index is 0.133. The van der Waals surface area contributed by atoms with Gasteiger partial charge in [-0.2, -0.15) is 0 Å². The highest BCUT2D eigenvalue weighted by atomic mass is 16.1. The van der Waals surface area contributed by atoms with Gasteiger partial charge in [0.2, 0.25) is 5.91 Å². The van der Waals surface area contributed by atoms with Gasteiger partial charge >= 0.3 is 0 Å². The van der Waals surface area contributed by atoms with Crippen molar-refractivity contribution in [3.8, 4) is 0 Å². The van der Waals surface area contributed by atoms with Gasteiger partial charge in [-0.15, -0.1) is 0 Å². The van der Waals surface area contributed by atoms with Crippen LogP contribution in [0.5, 0.6) is 0 Å². The molecule has 2 N–H and O–H groups in total. The first-order chi connectivity index (χ1) is 6.97. The molecule has 0 aromatic heterocycles. The Morgan fingerprint density at radius 3 is 2.27 bits per heavy atom. The van der Waals surface area contributed by atoms with E-state index in [1.807, 2.05) is 13.8 Å². The Hall–Kier alpha value is -0.570. The van der Waals surface area contributed by atoms with Crippen LogP contribution >= 0.6 is 0 Å². The van der Waals surface area contributed by atoms with E-state index in [2.05, 4.69) is 31.4 Å². The summed E-state index contributed by atoms with van der Waals surface area (Å²) in [4.78, 5) is 11.3. The highest BCUT2D eigenvalue weighted by Crippen LogP contribution is 2.06. The number of rotatable bonds is 7. The third kappa shape index (κ3) is 7.37. The molecule has 3 heteroatoms. The van der Waals surface area contributed by atoms with E-state index in [1.165, 1.54) is 6.42 Å². The summed E-state index contributed by atoms with van der Waals surface area (Å²) in [6, 6.07) is 0.728. The molecule has 0 saturated carbocycles. The van der Waals surface area contributed by atoms with Crippen molar-refractivity contribution in [3.63, 3.8) is 0 Å².